The highest BCUT2D eigenvalue weighted by Crippen LogP contribution is 2.44. The van der Waals surface area contributed by atoms with Crippen molar-refractivity contribution in [1.29, 1.82) is 5.26 Å². The number of anilines is 2. The number of ketones is 1. The Morgan fingerprint density at radius 3 is 2.19 bits per heavy atom. The van der Waals surface area contributed by atoms with Gasteiger partial charge in [0.25, 0.3) is 0 Å². The number of hydrogen-bond donors (Lipinski definition) is 0. The molecule has 2 atom stereocenters. The molecule has 2 aromatic carbocycles. The lowest BCUT2D eigenvalue weighted by Crippen LogP contribution is -2.56. The van der Waals surface area contributed by atoms with Crippen LogP contribution in [0.2, 0.25) is 0 Å². The highest BCUT2D eigenvalue weighted by molar-refractivity contribution is 6.15. The van der Waals surface area contributed by atoms with E-state index < -0.39 is 41.2 Å². The number of rotatable bonds is 5. The Bertz CT molecular complexity index is 1620. The molecule has 2 aliphatic heterocycles. The number of piperazine rings is 1. The van der Waals surface area contributed by atoms with Crippen LogP contribution in [0.5, 0.6) is 0 Å². The van der Waals surface area contributed by atoms with Crippen LogP contribution in [0.15, 0.2) is 84.3 Å². The third-order valence-corrected chi connectivity index (χ3v) is 7.95. The van der Waals surface area contributed by atoms with Gasteiger partial charge in [-0.1, -0.05) is 18.2 Å². The molecule has 1 aromatic heterocycles. The van der Waals surface area contributed by atoms with Gasteiger partial charge in [0.2, 0.25) is 11.8 Å². The molecule has 3 heterocycles. The van der Waals surface area contributed by atoms with Gasteiger partial charge in [-0.25, -0.2) is 0 Å². The van der Waals surface area contributed by atoms with E-state index in [4.69, 9.17) is 0 Å². The van der Waals surface area contributed by atoms with Gasteiger partial charge in [-0.05, 0) is 61.9 Å². The first kappa shape index (κ1) is 29.5. The maximum absolute atomic E-state index is 14.3. The first-order chi connectivity index (χ1) is 20.5. The number of aromatic nitrogens is 1. The standard InChI is InChI=1S/C32H28F3N5O3/c1-20-27(21(2)41)28(23-8-6-22(19-36)7-9-23)29(31(43)40(20)26-5-3-4-24(18-26)32(33,34)35)30(42)39-16-14-38(15-17-39)25-10-12-37-13-11-25/h3-13,18,28-29H,14-17H2,1-2H3. The summed E-state index contributed by atoms with van der Waals surface area (Å²) in [7, 11) is 0. The molecule has 3 aromatic rings. The van der Waals surface area contributed by atoms with Gasteiger partial charge in [0, 0.05) is 67.1 Å². The van der Waals surface area contributed by atoms with Crippen LogP contribution < -0.4 is 9.80 Å². The van der Waals surface area contributed by atoms with E-state index in [1.54, 1.807) is 41.6 Å². The third kappa shape index (κ3) is 5.73. The maximum Gasteiger partial charge on any atom is 0.416 e. The van der Waals surface area contributed by atoms with Crippen LogP contribution >= 0.6 is 0 Å². The number of pyridine rings is 1. The number of Topliss-reactive ketones (excluding diaryl/α,β-unsaturated/α-hetero) is 1. The van der Waals surface area contributed by atoms with Crippen LogP contribution in [0.25, 0.3) is 0 Å². The lowest BCUT2D eigenvalue weighted by molar-refractivity contribution is -0.142. The molecular weight excluding hydrogens is 559 g/mol. The molecule has 11 heteroatoms. The van der Waals surface area contributed by atoms with Gasteiger partial charge >= 0.3 is 6.18 Å². The number of benzene rings is 2. The quantitative estimate of drug-likeness (QED) is 0.393. The van der Waals surface area contributed by atoms with Crippen molar-refractivity contribution in [3.63, 3.8) is 0 Å². The number of carbonyl (C=O) groups is 3. The number of nitrogens with zero attached hydrogens (tertiary/aromatic N) is 5. The smallest absolute Gasteiger partial charge is 0.368 e. The number of halogens is 3. The molecule has 5 rings (SSSR count). The van der Waals surface area contributed by atoms with Gasteiger partial charge in [-0.2, -0.15) is 18.4 Å². The molecular formula is C32H28F3N5O3. The monoisotopic (exact) mass is 587 g/mol. The Labute approximate surface area is 246 Å². The number of hydrogen-bond acceptors (Lipinski definition) is 6. The molecule has 1 fully saturated rings. The summed E-state index contributed by atoms with van der Waals surface area (Å²) in [5.74, 6) is -4.07. The summed E-state index contributed by atoms with van der Waals surface area (Å²) in [6.45, 7) is 4.39. The summed E-state index contributed by atoms with van der Waals surface area (Å²) >= 11 is 0. The minimum atomic E-state index is -4.66. The molecule has 0 N–H and O–H groups in total. The van der Waals surface area contributed by atoms with Gasteiger partial charge in [0.15, 0.2) is 5.78 Å². The third-order valence-electron chi connectivity index (χ3n) is 7.95. The summed E-state index contributed by atoms with van der Waals surface area (Å²) in [5, 5.41) is 9.30. The van der Waals surface area contributed by atoms with Crippen LogP contribution in [-0.4, -0.2) is 53.7 Å². The molecule has 2 aliphatic rings. The predicted octanol–water partition coefficient (Wildman–Crippen LogP) is 4.93. The summed E-state index contributed by atoms with van der Waals surface area (Å²) < 4.78 is 40.9. The topological polar surface area (TPSA) is 97.6 Å². The summed E-state index contributed by atoms with van der Waals surface area (Å²) in [5.41, 5.74) is 1.03. The Morgan fingerprint density at radius 1 is 0.953 bits per heavy atom. The summed E-state index contributed by atoms with van der Waals surface area (Å²) in [6, 6.07) is 16.3. The fraction of sp³-hybridized carbons (Fsp3) is 0.281. The van der Waals surface area contributed by atoms with Gasteiger partial charge in [0.1, 0.15) is 5.92 Å². The number of alkyl halides is 3. The van der Waals surface area contributed by atoms with Crippen LogP contribution in [-0.2, 0) is 20.6 Å². The van der Waals surface area contributed by atoms with E-state index in [1.807, 2.05) is 18.2 Å². The van der Waals surface area contributed by atoms with Gasteiger partial charge < -0.3 is 9.80 Å². The van der Waals surface area contributed by atoms with Crippen molar-refractivity contribution in [3.05, 3.63) is 101 Å². The average molecular weight is 588 g/mol. The van der Waals surface area contributed by atoms with Crippen LogP contribution in [0.4, 0.5) is 24.5 Å². The Kier molecular flexibility index (Phi) is 8.04. The van der Waals surface area contributed by atoms with Crippen molar-refractivity contribution < 1.29 is 27.6 Å². The van der Waals surface area contributed by atoms with E-state index in [-0.39, 0.29) is 17.0 Å². The summed E-state index contributed by atoms with van der Waals surface area (Å²) in [6.07, 6.45) is -1.31. The minimum absolute atomic E-state index is 0.0883. The molecule has 1 saturated heterocycles. The van der Waals surface area contributed by atoms with Crippen molar-refractivity contribution in [2.24, 2.45) is 5.92 Å². The molecule has 2 amide bonds. The lowest BCUT2D eigenvalue weighted by Gasteiger charge is -2.43. The number of nitriles is 1. The highest BCUT2D eigenvalue weighted by Gasteiger charge is 2.49. The van der Waals surface area contributed by atoms with E-state index in [2.05, 4.69) is 9.88 Å². The maximum atomic E-state index is 14.3. The molecule has 0 saturated carbocycles. The molecule has 8 nitrogen and oxygen atoms in total. The average Bonchev–Trinajstić information content (AvgIpc) is 3.00. The second-order valence-corrected chi connectivity index (χ2v) is 10.5. The van der Waals surface area contributed by atoms with Crippen molar-refractivity contribution in [1.82, 2.24) is 9.88 Å². The second-order valence-electron chi connectivity index (χ2n) is 10.5. The van der Waals surface area contributed by atoms with Gasteiger partial charge in [0.05, 0.1) is 17.2 Å². The molecule has 0 aliphatic carbocycles. The largest absolute Gasteiger partial charge is 0.416 e. The lowest BCUT2D eigenvalue weighted by atomic mass is 9.73. The zero-order valence-corrected chi connectivity index (χ0v) is 23.5. The van der Waals surface area contributed by atoms with E-state index in [1.165, 1.54) is 26.0 Å². The molecule has 0 bridgehead atoms. The first-order valence-corrected chi connectivity index (χ1v) is 13.7. The summed E-state index contributed by atoms with van der Waals surface area (Å²) in [4.78, 5) is 50.6. The second kappa shape index (κ2) is 11.7. The predicted molar refractivity (Wildman–Crippen MR) is 153 cm³/mol. The number of carbonyl (C=O) groups excluding carboxylic acids is 3. The molecule has 43 heavy (non-hydrogen) atoms. The van der Waals surface area contributed by atoms with Crippen LogP contribution in [0.3, 0.4) is 0 Å². The Balaban J connectivity index is 1.59. The van der Waals surface area contributed by atoms with Crippen LogP contribution in [0.1, 0.15) is 36.5 Å². The molecule has 2 unspecified atom stereocenters. The zero-order chi connectivity index (χ0) is 30.9. The van der Waals surface area contributed by atoms with Crippen LogP contribution in [0, 0.1) is 17.2 Å². The Hall–Kier alpha value is -4.98. The molecule has 0 radical (unpaired) electrons. The van der Waals surface area contributed by atoms with Crippen molar-refractivity contribution in [2.45, 2.75) is 25.9 Å². The molecule has 220 valence electrons. The first-order valence-electron chi connectivity index (χ1n) is 13.7. The SMILES string of the molecule is CC(=O)C1=C(C)N(c2cccc(C(F)(F)F)c2)C(=O)C(C(=O)N2CCN(c3ccncc3)CC2)C1c1ccc(C#N)cc1. The zero-order valence-electron chi connectivity index (χ0n) is 23.5. The normalized spacial score (nSPS) is 19.3. The van der Waals surface area contributed by atoms with E-state index in [0.717, 1.165) is 22.7 Å². The number of allylic oxidation sites excluding steroid dienone is 2. The van der Waals surface area contributed by atoms with E-state index in [0.29, 0.717) is 37.3 Å². The molecule has 0 spiro atoms. The van der Waals surface area contributed by atoms with E-state index in [9.17, 15) is 32.8 Å². The Morgan fingerprint density at radius 2 is 1.60 bits per heavy atom. The van der Waals surface area contributed by atoms with E-state index >= 15 is 0 Å². The van der Waals surface area contributed by atoms with Crippen molar-refractivity contribution in [2.75, 3.05) is 36.0 Å². The van der Waals surface area contributed by atoms with Gasteiger partial charge in [-0.15, -0.1) is 0 Å². The minimum Gasteiger partial charge on any atom is -0.368 e. The van der Waals surface area contributed by atoms with Crippen molar-refractivity contribution in [3.8, 4) is 6.07 Å². The van der Waals surface area contributed by atoms with Crippen molar-refractivity contribution >= 4 is 29.0 Å². The fourth-order valence-electron chi connectivity index (χ4n) is 5.88. The van der Waals surface area contributed by atoms with Gasteiger partial charge in [-0.3, -0.25) is 24.3 Å². The number of amides is 2. The highest BCUT2D eigenvalue weighted by atomic mass is 19.4. The fourth-order valence-corrected chi connectivity index (χ4v) is 5.88.